The third-order valence-electron chi connectivity index (χ3n) is 4.35. The molecule has 1 aliphatic rings. The number of hydrogen-bond acceptors (Lipinski definition) is 3. The largest absolute Gasteiger partial charge is 0.492 e. The zero-order valence-electron chi connectivity index (χ0n) is 13.5. The smallest absolute Gasteiger partial charge is 0.303 e. The molecule has 22 heavy (non-hydrogen) atoms. The van der Waals surface area contributed by atoms with Crippen molar-refractivity contribution in [3.63, 3.8) is 0 Å². The first kappa shape index (κ1) is 16.8. The molecule has 0 spiro atoms. The average molecular weight is 305 g/mol. The minimum Gasteiger partial charge on any atom is -0.492 e. The number of aryl methyl sites for hydroxylation is 1. The normalized spacial score (nSPS) is 19.0. The van der Waals surface area contributed by atoms with Crippen LogP contribution in [0, 0.1) is 5.92 Å². The number of carboxylic acid groups (broad SMARTS) is 1. The van der Waals surface area contributed by atoms with Crippen LogP contribution < -0.4 is 4.74 Å². The van der Waals surface area contributed by atoms with E-state index in [1.54, 1.807) is 0 Å². The van der Waals surface area contributed by atoms with Crippen LogP contribution in [0.4, 0.5) is 0 Å². The van der Waals surface area contributed by atoms with Crippen LogP contribution >= 0.6 is 0 Å². The van der Waals surface area contributed by atoms with Crippen molar-refractivity contribution in [1.82, 2.24) is 4.90 Å². The van der Waals surface area contributed by atoms with Crippen LogP contribution in [0.5, 0.6) is 5.75 Å². The number of nitrogens with zero attached hydrogens (tertiary/aromatic N) is 1. The molecule has 4 nitrogen and oxygen atoms in total. The summed E-state index contributed by atoms with van der Waals surface area (Å²) in [7, 11) is 0. The first-order valence-corrected chi connectivity index (χ1v) is 8.33. The van der Waals surface area contributed by atoms with Gasteiger partial charge >= 0.3 is 5.97 Å². The quantitative estimate of drug-likeness (QED) is 0.801. The summed E-state index contributed by atoms with van der Waals surface area (Å²) >= 11 is 0. The monoisotopic (exact) mass is 305 g/mol. The van der Waals surface area contributed by atoms with E-state index in [1.165, 1.54) is 5.56 Å². The van der Waals surface area contributed by atoms with Gasteiger partial charge < -0.3 is 9.84 Å². The van der Waals surface area contributed by atoms with E-state index >= 15 is 0 Å². The number of carbonyl (C=O) groups is 1. The van der Waals surface area contributed by atoms with Gasteiger partial charge in [0.1, 0.15) is 12.4 Å². The van der Waals surface area contributed by atoms with Crippen molar-refractivity contribution in [3.05, 3.63) is 29.8 Å². The van der Waals surface area contributed by atoms with Gasteiger partial charge in [0.15, 0.2) is 0 Å². The third kappa shape index (κ3) is 5.68. The topological polar surface area (TPSA) is 49.8 Å². The average Bonchev–Trinajstić information content (AvgIpc) is 2.53. The molecule has 122 valence electrons. The van der Waals surface area contributed by atoms with Crippen LogP contribution in [-0.2, 0) is 11.2 Å². The molecule has 0 aliphatic carbocycles. The van der Waals surface area contributed by atoms with E-state index in [-0.39, 0.29) is 0 Å². The van der Waals surface area contributed by atoms with E-state index < -0.39 is 5.97 Å². The highest BCUT2D eigenvalue weighted by molar-refractivity contribution is 5.66. The lowest BCUT2D eigenvalue weighted by atomic mass is 9.93. The fraction of sp³-hybridized carbons (Fsp3) is 0.611. The number of hydrogen-bond donors (Lipinski definition) is 1. The van der Waals surface area contributed by atoms with Gasteiger partial charge in [-0.05, 0) is 55.8 Å². The van der Waals surface area contributed by atoms with E-state index in [0.717, 1.165) is 51.1 Å². The molecule has 1 aliphatic heterocycles. The van der Waals surface area contributed by atoms with Gasteiger partial charge in [0, 0.05) is 19.5 Å². The van der Waals surface area contributed by atoms with Crippen LogP contribution in [0.1, 0.15) is 38.2 Å². The van der Waals surface area contributed by atoms with Crippen LogP contribution in [0.25, 0.3) is 0 Å². The summed E-state index contributed by atoms with van der Waals surface area (Å²) in [5.74, 6) is 0.781. The third-order valence-corrected chi connectivity index (χ3v) is 4.35. The highest BCUT2D eigenvalue weighted by Crippen LogP contribution is 2.21. The predicted octanol–water partition coefficient (Wildman–Crippen LogP) is 3.20. The summed E-state index contributed by atoms with van der Waals surface area (Å²) in [6.45, 7) is 5.86. The van der Waals surface area contributed by atoms with Crippen molar-refractivity contribution >= 4 is 5.97 Å². The zero-order valence-corrected chi connectivity index (χ0v) is 13.5. The van der Waals surface area contributed by atoms with Crippen molar-refractivity contribution in [1.29, 1.82) is 0 Å². The van der Waals surface area contributed by atoms with Crippen molar-refractivity contribution in [2.24, 2.45) is 5.92 Å². The van der Waals surface area contributed by atoms with Gasteiger partial charge in [0.25, 0.3) is 0 Å². The van der Waals surface area contributed by atoms with E-state index in [4.69, 9.17) is 9.84 Å². The number of aliphatic carboxylic acids is 1. The summed E-state index contributed by atoms with van der Waals surface area (Å²) in [5.41, 5.74) is 1.30. The zero-order chi connectivity index (χ0) is 15.8. The molecule has 1 N–H and O–H groups in total. The number of benzene rings is 1. The van der Waals surface area contributed by atoms with Crippen LogP contribution in [0.3, 0.4) is 0 Å². The first-order chi connectivity index (χ1) is 10.7. The molecular formula is C18H27NO3. The number of likely N-dealkylation sites (tertiary alicyclic amines) is 1. The second-order valence-electron chi connectivity index (χ2n) is 6.09. The number of ether oxygens (including phenoxy) is 1. The van der Waals surface area contributed by atoms with Gasteiger partial charge in [-0.3, -0.25) is 9.69 Å². The SMILES string of the molecule is CCc1cccc(OCCN2CCCC(CCC(=O)O)C2)c1. The van der Waals surface area contributed by atoms with E-state index in [1.807, 2.05) is 12.1 Å². The van der Waals surface area contributed by atoms with Crippen LogP contribution in [-0.4, -0.2) is 42.2 Å². The second kappa shape index (κ2) is 8.79. The lowest BCUT2D eigenvalue weighted by Crippen LogP contribution is -2.38. The van der Waals surface area contributed by atoms with Crippen molar-refractivity contribution in [2.45, 2.75) is 39.0 Å². The minimum absolute atomic E-state index is 0.290. The van der Waals surface area contributed by atoms with Gasteiger partial charge in [0.2, 0.25) is 0 Å². The van der Waals surface area contributed by atoms with E-state index in [9.17, 15) is 4.79 Å². The molecule has 0 saturated carbocycles. The highest BCUT2D eigenvalue weighted by Gasteiger charge is 2.20. The molecule has 1 aromatic rings. The molecule has 0 bridgehead atoms. The van der Waals surface area contributed by atoms with Gasteiger partial charge in [-0.15, -0.1) is 0 Å². The Morgan fingerprint density at radius 2 is 2.32 bits per heavy atom. The second-order valence-corrected chi connectivity index (χ2v) is 6.09. The number of rotatable bonds is 8. The summed E-state index contributed by atoms with van der Waals surface area (Å²) in [5, 5.41) is 8.79. The molecule has 1 fully saturated rings. The summed E-state index contributed by atoms with van der Waals surface area (Å²) in [6.07, 6.45) is 4.43. The van der Waals surface area contributed by atoms with Gasteiger partial charge in [0.05, 0.1) is 0 Å². The Hall–Kier alpha value is -1.55. The van der Waals surface area contributed by atoms with E-state index in [2.05, 4.69) is 24.0 Å². The fourth-order valence-electron chi connectivity index (χ4n) is 3.07. The molecule has 2 rings (SSSR count). The van der Waals surface area contributed by atoms with Crippen molar-refractivity contribution in [3.8, 4) is 5.75 Å². The summed E-state index contributed by atoms with van der Waals surface area (Å²) in [4.78, 5) is 13.1. The molecule has 1 heterocycles. The Balaban J connectivity index is 1.70. The van der Waals surface area contributed by atoms with Gasteiger partial charge in [-0.2, -0.15) is 0 Å². The lowest BCUT2D eigenvalue weighted by molar-refractivity contribution is -0.137. The molecule has 1 aromatic carbocycles. The highest BCUT2D eigenvalue weighted by atomic mass is 16.5. The lowest BCUT2D eigenvalue weighted by Gasteiger charge is -2.32. The van der Waals surface area contributed by atoms with Gasteiger partial charge in [-0.25, -0.2) is 0 Å². The van der Waals surface area contributed by atoms with Crippen LogP contribution in [0.2, 0.25) is 0 Å². The Bertz CT molecular complexity index is 475. The Labute approximate surface area is 133 Å². The standard InChI is InChI=1S/C18H27NO3/c1-2-15-5-3-7-17(13-15)22-12-11-19-10-4-6-16(14-19)8-9-18(20)21/h3,5,7,13,16H,2,4,6,8-12,14H2,1H3,(H,20,21). The molecule has 0 aromatic heterocycles. The maximum atomic E-state index is 10.7. The predicted molar refractivity (Wildman–Crippen MR) is 87.3 cm³/mol. The molecule has 0 radical (unpaired) electrons. The molecule has 1 unspecified atom stereocenters. The molecular weight excluding hydrogens is 278 g/mol. The van der Waals surface area contributed by atoms with Crippen LogP contribution in [0.15, 0.2) is 24.3 Å². The Morgan fingerprint density at radius 1 is 1.45 bits per heavy atom. The van der Waals surface area contributed by atoms with E-state index in [0.29, 0.717) is 18.9 Å². The molecule has 4 heteroatoms. The fourth-order valence-corrected chi connectivity index (χ4v) is 3.07. The van der Waals surface area contributed by atoms with Crippen molar-refractivity contribution in [2.75, 3.05) is 26.2 Å². The number of piperidine rings is 1. The number of carboxylic acids is 1. The maximum absolute atomic E-state index is 10.7. The molecule has 1 saturated heterocycles. The van der Waals surface area contributed by atoms with Crippen molar-refractivity contribution < 1.29 is 14.6 Å². The maximum Gasteiger partial charge on any atom is 0.303 e. The summed E-state index contributed by atoms with van der Waals surface area (Å²) in [6, 6.07) is 8.26. The molecule has 1 atom stereocenters. The summed E-state index contributed by atoms with van der Waals surface area (Å²) < 4.78 is 5.85. The Kier molecular flexibility index (Phi) is 6.72. The minimum atomic E-state index is -0.684. The Morgan fingerprint density at radius 3 is 3.09 bits per heavy atom. The first-order valence-electron chi connectivity index (χ1n) is 8.33. The van der Waals surface area contributed by atoms with Gasteiger partial charge in [-0.1, -0.05) is 19.1 Å². The molecule has 0 amide bonds.